The summed E-state index contributed by atoms with van der Waals surface area (Å²) >= 11 is 0. The maximum Gasteiger partial charge on any atom is 0.342 e. The second-order valence-corrected chi connectivity index (χ2v) is 3.02. The Balaban J connectivity index is 3.68. The van der Waals surface area contributed by atoms with Gasteiger partial charge in [0.05, 0.1) is 6.61 Å². The molecule has 5 heteroatoms. The molecule has 1 unspecified atom stereocenters. The second-order valence-electron chi connectivity index (χ2n) is 3.02. The monoisotopic (exact) mass is 220 g/mol. The summed E-state index contributed by atoms with van der Waals surface area (Å²) in [6, 6.07) is 0. The molecule has 0 aromatic rings. The maximum atomic E-state index is 11.0. The van der Waals surface area contributed by atoms with Gasteiger partial charge in [-0.25, -0.2) is 14.6 Å². The number of hydrogen-bond donors (Lipinski definition) is 0. The number of carbonyl (C=O) groups is 1. The van der Waals surface area contributed by atoms with E-state index in [4.69, 9.17) is 14.7 Å². The molecule has 0 saturated heterocycles. The molecule has 90 valence electrons. The van der Waals surface area contributed by atoms with Crippen LogP contribution < -0.4 is 0 Å². The standard InChI is InChI=1S/C10H20O5/c1-4-7-9(11)13-15-10(8-5-2)14-12-6-3/h10H,4-8H2,1-3H3. The van der Waals surface area contributed by atoms with E-state index in [2.05, 4.69) is 4.89 Å². The Kier molecular flexibility index (Phi) is 9.46. The Morgan fingerprint density at radius 1 is 1.13 bits per heavy atom. The van der Waals surface area contributed by atoms with Gasteiger partial charge in [-0.05, 0) is 13.3 Å². The minimum Gasteiger partial charge on any atom is -0.296 e. The fourth-order valence-electron chi connectivity index (χ4n) is 0.845. The van der Waals surface area contributed by atoms with Crippen molar-refractivity contribution in [1.82, 2.24) is 0 Å². The molecule has 0 aliphatic heterocycles. The molecule has 1 atom stereocenters. The van der Waals surface area contributed by atoms with E-state index in [1.54, 1.807) is 6.92 Å². The summed E-state index contributed by atoms with van der Waals surface area (Å²) in [6.45, 7) is 6.08. The van der Waals surface area contributed by atoms with Crippen LogP contribution in [0.25, 0.3) is 0 Å². The summed E-state index contributed by atoms with van der Waals surface area (Å²) in [4.78, 5) is 29.9. The van der Waals surface area contributed by atoms with Crippen LogP contribution in [-0.2, 0) is 24.3 Å². The first-order chi connectivity index (χ1) is 7.24. The van der Waals surface area contributed by atoms with Crippen LogP contribution in [0.5, 0.6) is 0 Å². The van der Waals surface area contributed by atoms with E-state index in [1.165, 1.54) is 0 Å². The molecule has 0 saturated carbocycles. The summed E-state index contributed by atoms with van der Waals surface area (Å²) in [5, 5.41) is 0. The molecule has 0 N–H and O–H groups in total. The Labute approximate surface area is 90.5 Å². The highest BCUT2D eigenvalue weighted by molar-refractivity contribution is 5.68. The van der Waals surface area contributed by atoms with E-state index in [0.29, 0.717) is 19.4 Å². The van der Waals surface area contributed by atoms with Gasteiger partial charge in [-0.2, -0.15) is 0 Å². The van der Waals surface area contributed by atoms with E-state index < -0.39 is 12.3 Å². The van der Waals surface area contributed by atoms with Crippen LogP contribution >= 0.6 is 0 Å². The first-order valence-corrected chi connectivity index (χ1v) is 5.38. The zero-order valence-corrected chi connectivity index (χ0v) is 9.65. The Bertz CT molecular complexity index is 160. The number of rotatable bonds is 9. The minimum atomic E-state index is -0.643. The molecule has 0 bridgehead atoms. The average molecular weight is 220 g/mol. The first-order valence-electron chi connectivity index (χ1n) is 5.38. The normalized spacial score (nSPS) is 12.5. The molecule has 0 amide bonds. The lowest BCUT2D eigenvalue weighted by Crippen LogP contribution is -2.20. The van der Waals surface area contributed by atoms with Gasteiger partial charge in [-0.15, -0.1) is 4.89 Å². The minimum absolute atomic E-state index is 0.341. The highest BCUT2D eigenvalue weighted by atomic mass is 17.3. The molecule has 0 rings (SSSR count). The third kappa shape index (κ3) is 8.35. The van der Waals surface area contributed by atoms with Crippen LogP contribution in [0, 0.1) is 0 Å². The predicted molar refractivity (Wildman–Crippen MR) is 53.5 cm³/mol. The lowest BCUT2D eigenvalue weighted by molar-refractivity contribution is -0.446. The van der Waals surface area contributed by atoms with Crippen molar-refractivity contribution in [3.8, 4) is 0 Å². The molecule has 0 aromatic heterocycles. The fraction of sp³-hybridized carbons (Fsp3) is 0.900. The molecule has 15 heavy (non-hydrogen) atoms. The second kappa shape index (κ2) is 9.89. The van der Waals surface area contributed by atoms with Crippen molar-refractivity contribution in [1.29, 1.82) is 0 Å². The smallest absolute Gasteiger partial charge is 0.296 e. The molecule has 0 aliphatic rings. The summed E-state index contributed by atoms with van der Waals surface area (Å²) < 4.78 is 0. The quantitative estimate of drug-likeness (QED) is 0.339. The lowest BCUT2D eigenvalue weighted by atomic mass is 10.3. The van der Waals surface area contributed by atoms with Crippen molar-refractivity contribution in [2.75, 3.05) is 6.61 Å². The van der Waals surface area contributed by atoms with Crippen LogP contribution in [0.15, 0.2) is 0 Å². The van der Waals surface area contributed by atoms with Crippen LogP contribution in [0.1, 0.15) is 46.5 Å². The van der Waals surface area contributed by atoms with Gasteiger partial charge in [0.1, 0.15) is 0 Å². The van der Waals surface area contributed by atoms with Crippen molar-refractivity contribution in [2.45, 2.75) is 52.7 Å². The molecule has 0 aliphatic carbocycles. The van der Waals surface area contributed by atoms with Gasteiger partial charge in [0.15, 0.2) is 0 Å². The number of hydrogen-bond acceptors (Lipinski definition) is 5. The van der Waals surface area contributed by atoms with Crippen LogP contribution in [0.4, 0.5) is 0 Å². The van der Waals surface area contributed by atoms with Crippen molar-refractivity contribution >= 4 is 5.97 Å². The van der Waals surface area contributed by atoms with Crippen LogP contribution in [0.2, 0.25) is 0 Å². The molecule has 0 heterocycles. The predicted octanol–water partition coefficient (Wildman–Crippen LogP) is 2.36. The molecular formula is C10H20O5. The van der Waals surface area contributed by atoms with Gasteiger partial charge in [0, 0.05) is 12.8 Å². The lowest BCUT2D eigenvalue weighted by Gasteiger charge is -2.13. The molecule has 0 radical (unpaired) electrons. The summed E-state index contributed by atoms with van der Waals surface area (Å²) in [5.41, 5.74) is 0. The average Bonchev–Trinajstić information content (AvgIpc) is 2.22. The maximum absolute atomic E-state index is 11.0. The van der Waals surface area contributed by atoms with Crippen LogP contribution in [-0.4, -0.2) is 18.9 Å². The SMILES string of the molecule is CCCC(=O)OOC(CCC)OOCC. The Morgan fingerprint density at radius 3 is 2.40 bits per heavy atom. The van der Waals surface area contributed by atoms with Gasteiger partial charge in [0.2, 0.25) is 6.29 Å². The molecule has 0 aromatic carbocycles. The summed E-state index contributed by atoms with van der Waals surface area (Å²) in [6.07, 6.45) is 1.89. The first kappa shape index (κ1) is 14.3. The van der Waals surface area contributed by atoms with E-state index in [-0.39, 0.29) is 0 Å². The van der Waals surface area contributed by atoms with Crippen molar-refractivity contribution in [3.05, 3.63) is 0 Å². The fourth-order valence-corrected chi connectivity index (χ4v) is 0.845. The largest absolute Gasteiger partial charge is 0.342 e. The van der Waals surface area contributed by atoms with E-state index in [1.807, 2.05) is 13.8 Å². The van der Waals surface area contributed by atoms with Gasteiger partial charge in [-0.1, -0.05) is 20.3 Å². The highest BCUT2D eigenvalue weighted by Gasteiger charge is 2.13. The van der Waals surface area contributed by atoms with Gasteiger partial charge >= 0.3 is 5.97 Å². The molecule has 5 nitrogen and oxygen atoms in total. The van der Waals surface area contributed by atoms with Crippen LogP contribution in [0.3, 0.4) is 0 Å². The van der Waals surface area contributed by atoms with Gasteiger partial charge < -0.3 is 0 Å². The molecular weight excluding hydrogens is 200 g/mol. The van der Waals surface area contributed by atoms with E-state index in [9.17, 15) is 4.79 Å². The summed E-state index contributed by atoms with van der Waals surface area (Å²) in [7, 11) is 0. The van der Waals surface area contributed by atoms with Crippen molar-refractivity contribution in [3.63, 3.8) is 0 Å². The topological polar surface area (TPSA) is 54.0 Å². The number of carbonyl (C=O) groups excluding carboxylic acids is 1. The Hall–Kier alpha value is -0.650. The van der Waals surface area contributed by atoms with Crippen molar-refractivity contribution in [2.24, 2.45) is 0 Å². The Morgan fingerprint density at radius 2 is 1.87 bits per heavy atom. The van der Waals surface area contributed by atoms with E-state index in [0.717, 1.165) is 12.8 Å². The third-order valence-electron chi connectivity index (χ3n) is 1.52. The third-order valence-corrected chi connectivity index (χ3v) is 1.52. The highest BCUT2D eigenvalue weighted by Crippen LogP contribution is 2.06. The zero-order chi connectivity index (χ0) is 11.5. The van der Waals surface area contributed by atoms with Crippen molar-refractivity contribution < 1.29 is 24.3 Å². The van der Waals surface area contributed by atoms with Gasteiger partial charge in [-0.3, -0.25) is 4.89 Å². The van der Waals surface area contributed by atoms with Gasteiger partial charge in [0.25, 0.3) is 0 Å². The zero-order valence-electron chi connectivity index (χ0n) is 9.65. The summed E-state index contributed by atoms with van der Waals surface area (Å²) in [5.74, 6) is -0.390. The van der Waals surface area contributed by atoms with E-state index >= 15 is 0 Å². The molecule has 0 spiro atoms. The molecule has 0 fully saturated rings.